The summed E-state index contributed by atoms with van der Waals surface area (Å²) in [6.07, 6.45) is 4.12. The van der Waals surface area contributed by atoms with Gasteiger partial charge in [-0.15, -0.1) is 0 Å². The number of aromatic nitrogens is 1. The summed E-state index contributed by atoms with van der Waals surface area (Å²) >= 11 is 5.93. The summed E-state index contributed by atoms with van der Waals surface area (Å²) in [5.74, 6) is -0.102. The minimum atomic E-state index is -0.102. The smallest absolute Gasteiger partial charge is 0.244 e. The van der Waals surface area contributed by atoms with E-state index >= 15 is 0 Å². The Labute approximate surface area is 117 Å². The Balaban J connectivity index is 2.17. The van der Waals surface area contributed by atoms with Gasteiger partial charge < -0.3 is 5.32 Å². The van der Waals surface area contributed by atoms with E-state index < -0.39 is 0 Å². The summed E-state index contributed by atoms with van der Waals surface area (Å²) in [5.41, 5.74) is 1.56. The van der Waals surface area contributed by atoms with E-state index in [9.17, 15) is 4.79 Å². The van der Waals surface area contributed by atoms with Crippen molar-refractivity contribution in [1.29, 1.82) is 0 Å². The normalized spacial score (nSPS) is 11.1. The van der Waals surface area contributed by atoms with Crippen LogP contribution in [0.2, 0.25) is 5.02 Å². The number of hydrogen-bond acceptors (Lipinski definition) is 2. The first-order chi connectivity index (χ1) is 9.19. The van der Waals surface area contributed by atoms with Crippen LogP contribution in [0.3, 0.4) is 0 Å². The number of hydrogen-bond donors (Lipinski definition) is 1. The minimum absolute atomic E-state index is 0.102. The molecule has 19 heavy (non-hydrogen) atoms. The third-order valence-electron chi connectivity index (χ3n) is 2.63. The Morgan fingerprint density at radius 3 is 2.95 bits per heavy atom. The van der Waals surface area contributed by atoms with E-state index in [4.69, 9.17) is 11.6 Å². The molecule has 2 rings (SSSR count). The van der Waals surface area contributed by atoms with Crippen LogP contribution >= 0.6 is 11.6 Å². The van der Waals surface area contributed by atoms with E-state index in [1.807, 2.05) is 37.3 Å². The van der Waals surface area contributed by atoms with Crippen molar-refractivity contribution < 1.29 is 4.79 Å². The fourth-order valence-corrected chi connectivity index (χ4v) is 1.83. The second-order valence-corrected chi connectivity index (χ2v) is 4.63. The van der Waals surface area contributed by atoms with E-state index in [1.54, 1.807) is 6.08 Å². The van der Waals surface area contributed by atoms with Gasteiger partial charge in [0, 0.05) is 23.0 Å². The van der Waals surface area contributed by atoms with Crippen LogP contribution in [0.1, 0.15) is 19.0 Å². The van der Waals surface area contributed by atoms with Crippen LogP contribution in [-0.4, -0.2) is 17.4 Å². The van der Waals surface area contributed by atoms with Gasteiger partial charge in [0.25, 0.3) is 0 Å². The van der Waals surface area contributed by atoms with Gasteiger partial charge in [-0.1, -0.05) is 30.7 Å². The van der Waals surface area contributed by atoms with E-state index in [2.05, 4.69) is 10.3 Å². The Kier molecular flexibility index (Phi) is 4.53. The third-order valence-corrected chi connectivity index (χ3v) is 2.87. The lowest BCUT2D eigenvalue weighted by Crippen LogP contribution is -2.21. The fourth-order valence-electron chi connectivity index (χ4n) is 1.67. The first kappa shape index (κ1) is 13.6. The Morgan fingerprint density at radius 1 is 1.37 bits per heavy atom. The number of fused-ring (bicyclic) bond motifs is 1. The molecule has 0 aliphatic carbocycles. The van der Waals surface area contributed by atoms with Crippen LogP contribution in [0, 0.1) is 0 Å². The second-order valence-electron chi connectivity index (χ2n) is 4.20. The number of pyridine rings is 1. The molecule has 0 aliphatic rings. The van der Waals surface area contributed by atoms with Gasteiger partial charge in [-0.25, -0.2) is 4.98 Å². The summed E-state index contributed by atoms with van der Waals surface area (Å²) in [6.45, 7) is 2.70. The molecule has 0 radical (unpaired) electrons. The number of nitrogens with zero attached hydrogens (tertiary/aromatic N) is 1. The van der Waals surface area contributed by atoms with E-state index in [-0.39, 0.29) is 5.91 Å². The maximum atomic E-state index is 11.4. The Morgan fingerprint density at radius 2 is 2.16 bits per heavy atom. The number of rotatable bonds is 4. The Bertz CT molecular complexity index is 623. The molecular weight excluding hydrogens is 260 g/mol. The van der Waals surface area contributed by atoms with Crippen molar-refractivity contribution in [2.45, 2.75) is 13.3 Å². The van der Waals surface area contributed by atoms with Gasteiger partial charge in [0.15, 0.2) is 0 Å². The number of benzene rings is 1. The molecule has 1 aromatic heterocycles. The Hall–Kier alpha value is -1.87. The van der Waals surface area contributed by atoms with Gasteiger partial charge in [-0.3, -0.25) is 4.79 Å². The van der Waals surface area contributed by atoms with Gasteiger partial charge in [0.05, 0.1) is 11.2 Å². The highest BCUT2D eigenvalue weighted by Crippen LogP contribution is 2.18. The molecule has 0 fully saturated rings. The van der Waals surface area contributed by atoms with Crippen LogP contribution in [0.4, 0.5) is 0 Å². The zero-order chi connectivity index (χ0) is 13.7. The lowest BCUT2D eigenvalue weighted by atomic mass is 10.2. The molecule has 1 heterocycles. The highest BCUT2D eigenvalue weighted by Gasteiger charge is 1.98. The summed E-state index contributed by atoms with van der Waals surface area (Å²) in [7, 11) is 0. The van der Waals surface area contributed by atoms with Crippen LogP contribution in [0.25, 0.3) is 17.0 Å². The number of amides is 1. The van der Waals surface area contributed by atoms with Crippen molar-refractivity contribution in [2.24, 2.45) is 0 Å². The maximum absolute atomic E-state index is 11.4. The van der Waals surface area contributed by atoms with Gasteiger partial charge in [-0.05, 0) is 30.7 Å². The van der Waals surface area contributed by atoms with Gasteiger partial charge in [0.2, 0.25) is 5.91 Å². The van der Waals surface area contributed by atoms with E-state index in [0.29, 0.717) is 11.6 Å². The van der Waals surface area contributed by atoms with Crippen molar-refractivity contribution >= 4 is 34.5 Å². The summed E-state index contributed by atoms with van der Waals surface area (Å²) in [6, 6.07) is 9.40. The van der Waals surface area contributed by atoms with Crippen LogP contribution in [0.15, 0.2) is 36.4 Å². The summed E-state index contributed by atoms with van der Waals surface area (Å²) in [5, 5.41) is 4.45. The fraction of sp³-hybridized carbons (Fsp3) is 0.200. The molecule has 0 saturated carbocycles. The summed E-state index contributed by atoms with van der Waals surface area (Å²) in [4.78, 5) is 15.9. The second kappa shape index (κ2) is 6.34. The standard InChI is InChI=1S/C15H15ClN2O/c1-2-9-17-15(19)8-7-13-6-4-11-3-5-12(16)10-14(11)18-13/h3-8,10H,2,9H2,1H3,(H,17,19)/b8-7+. The topological polar surface area (TPSA) is 42.0 Å². The number of nitrogens with one attached hydrogen (secondary N) is 1. The molecule has 1 aromatic carbocycles. The lowest BCUT2D eigenvalue weighted by molar-refractivity contribution is -0.116. The minimum Gasteiger partial charge on any atom is -0.353 e. The number of carbonyl (C=O) groups is 1. The molecule has 4 heteroatoms. The predicted octanol–water partition coefficient (Wildman–Crippen LogP) is 3.43. The van der Waals surface area contributed by atoms with Crippen LogP contribution in [-0.2, 0) is 4.79 Å². The molecule has 0 aliphatic heterocycles. The van der Waals surface area contributed by atoms with Crippen molar-refractivity contribution in [3.05, 3.63) is 47.1 Å². The largest absolute Gasteiger partial charge is 0.353 e. The molecule has 0 saturated heterocycles. The highest BCUT2D eigenvalue weighted by molar-refractivity contribution is 6.31. The van der Waals surface area contributed by atoms with Crippen LogP contribution < -0.4 is 5.32 Å². The number of halogens is 1. The van der Waals surface area contributed by atoms with Gasteiger partial charge >= 0.3 is 0 Å². The number of carbonyl (C=O) groups excluding carboxylic acids is 1. The molecule has 3 nitrogen and oxygen atoms in total. The first-order valence-corrected chi connectivity index (χ1v) is 6.59. The first-order valence-electron chi connectivity index (χ1n) is 6.21. The zero-order valence-electron chi connectivity index (χ0n) is 10.7. The van der Waals surface area contributed by atoms with Crippen LogP contribution in [0.5, 0.6) is 0 Å². The molecular formula is C15H15ClN2O. The average Bonchev–Trinajstić information content (AvgIpc) is 2.42. The van der Waals surface area contributed by atoms with Gasteiger partial charge in [0.1, 0.15) is 0 Å². The molecule has 2 aromatic rings. The molecule has 1 N–H and O–H groups in total. The molecule has 0 spiro atoms. The highest BCUT2D eigenvalue weighted by atomic mass is 35.5. The molecule has 0 unspecified atom stereocenters. The van der Waals surface area contributed by atoms with Crippen molar-refractivity contribution in [3.63, 3.8) is 0 Å². The van der Waals surface area contributed by atoms with E-state index in [0.717, 1.165) is 23.0 Å². The summed E-state index contributed by atoms with van der Waals surface area (Å²) < 4.78 is 0. The lowest BCUT2D eigenvalue weighted by Gasteiger charge is -2.00. The monoisotopic (exact) mass is 274 g/mol. The van der Waals surface area contributed by atoms with Crippen molar-refractivity contribution in [3.8, 4) is 0 Å². The SMILES string of the molecule is CCCNC(=O)/C=C/c1ccc2ccc(Cl)cc2n1. The average molecular weight is 275 g/mol. The zero-order valence-corrected chi connectivity index (χ0v) is 11.4. The maximum Gasteiger partial charge on any atom is 0.244 e. The van der Waals surface area contributed by atoms with Crippen molar-refractivity contribution in [1.82, 2.24) is 10.3 Å². The quantitative estimate of drug-likeness (QED) is 0.868. The third kappa shape index (κ3) is 3.80. The molecule has 1 amide bonds. The molecule has 0 atom stereocenters. The van der Waals surface area contributed by atoms with Crippen molar-refractivity contribution in [2.75, 3.05) is 6.54 Å². The molecule has 0 bridgehead atoms. The predicted molar refractivity (Wildman–Crippen MR) is 79.1 cm³/mol. The van der Waals surface area contributed by atoms with Gasteiger partial charge in [-0.2, -0.15) is 0 Å². The van der Waals surface area contributed by atoms with E-state index in [1.165, 1.54) is 6.08 Å². The molecule has 98 valence electrons.